The number of nitrogens with one attached hydrogen (secondary N) is 3. The Morgan fingerprint density at radius 3 is 2.39 bits per heavy atom. The first kappa shape index (κ1) is 19.0. The first-order valence-electron chi connectivity index (χ1n) is 8.63. The highest BCUT2D eigenvalue weighted by Gasteiger charge is 2.12. The lowest BCUT2D eigenvalue weighted by atomic mass is 10.1. The number of rotatable bonds is 6. The zero-order valence-corrected chi connectivity index (χ0v) is 15.9. The number of hydrogen-bond donors (Lipinski definition) is 4. The number of benzene rings is 2. The molecule has 0 bridgehead atoms. The molecule has 28 heavy (non-hydrogen) atoms. The van der Waals surface area contributed by atoms with Gasteiger partial charge in [-0.1, -0.05) is 23.8 Å². The summed E-state index contributed by atoms with van der Waals surface area (Å²) in [7, 11) is 1.59. The summed E-state index contributed by atoms with van der Waals surface area (Å²) in [5, 5.41) is 3.14. The lowest BCUT2D eigenvalue weighted by molar-refractivity contribution is 0.0962. The van der Waals surface area contributed by atoms with Crippen LogP contribution in [-0.4, -0.2) is 23.0 Å². The number of methoxy groups -OCH3 is 1. The molecule has 5 N–H and O–H groups in total. The van der Waals surface area contributed by atoms with E-state index in [1.165, 1.54) is 6.33 Å². The van der Waals surface area contributed by atoms with Gasteiger partial charge in [0.25, 0.3) is 5.91 Å². The van der Waals surface area contributed by atoms with Crippen LogP contribution in [0.5, 0.6) is 5.75 Å². The third-order valence-electron chi connectivity index (χ3n) is 4.10. The molecule has 8 nitrogen and oxygen atoms in total. The van der Waals surface area contributed by atoms with Crippen molar-refractivity contribution in [3.8, 4) is 5.75 Å². The number of carbonyl (C=O) groups excluding carboxylic acids is 1. The summed E-state index contributed by atoms with van der Waals surface area (Å²) >= 11 is 0. The zero-order valence-electron chi connectivity index (χ0n) is 15.9. The number of ether oxygens (including phenoxy) is 1. The number of anilines is 4. The second-order valence-corrected chi connectivity index (χ2v) is 6.26. The summed E-state index contributed by atoms with van der Waals surface area (Å²) < 4.78 is 5.36. The predicted molar refractivity (Wildman–Crippen MR) is 110 cm³/mol. The molecular weight excluding hydrogens is 356 g/mol. The van der Waals surface area contributed by atoms with Crippen LogP contribution >= 0.6 is 0 Å². The molecule has 1 amide bonds. The van der Waals surface area contributed by atoms with Gasteiger partial charge in [-0.15, -0.1) is 0 Å². The molecule has 3 aromatic rings. The van der Waals surface area contributed by atoms with E-state index >= 15 is 0 Å². The zero-order chi connectivity index (χ0) is 20.1. The maximum absolute atomic E-state index is 12.2. The van der Waals surface area contributed by atoms with Gasteiger partial charge in [-0.25, -0.2) is 9.97 Å². The number of nitrogens with zero attached hydrogens (tertiary/aromatic N) is 2. The lowest BCUT2D eigenvalue weighted by Crippen LogP contribution is -2.30. The van der Waals surface area contributed by atoms with E-state index in [-0.39, 0.29) is 17.4 Å². The van der Waals surface area contributed by atoms with Crippen molar-refractivity contribution in [1.29, 1.82) is 0 Å². The molecule has 0 aliphatic carbocycles. The largest absolute Gasteiger partial charge is 0.495 e. The normalized spacial score (nSPS) is 10.2. The van der Waals surface area contributed by atoms with Crippen LogP contribution in [-0.2, 0) is 0 Å². The van der Waals surface area contributed by atoms with Crippen molar-refractivity contribution in [2.24, 2.45) is 0 Å². The van der Waals surface area contributed by atoms with Crippen LogP contribution in [0, 0.1) is 13.8 Å². The minimum atomic E-state index is -0.298. The molecular formula is C20H22N6O2. The van der Waals surface area contributed by atoms with E-state index in [9.17, 15) is 4.79 Å². The van der Waals surface area contributed by atoms with Crippen LogP contribution in [0.2, 0.25) is 0 Å². The third-order valence-corrected chi connectivity index (χ3v) is 4.10. The Kier molecular flexibility index (Phi) is 5.59. The first-order valence-corrected chi connectivity index (χ1v) is 8.63. The van der Waals surface area contributed by atoms with Crippen LogP contribution in [0.1, 0.15) is 21.5 Å². The molecule has 0 aliphatic heterocycles. The van der Waals surface area contributed by atoms with Gasteiger partial charge in [-0.3, -0.25) is 15.6 Å². The minimum absolute atomic E-state index is 0.260. The predicted octanol–water partition coefficient (Wildman–Crippen LogP) is 3.18. The molecule has 0 aliphatic rings. The number of hydrazine groups is 1. The number of amides is 1. The summed E-state index contributed by atoms with van der Waals surface area (Å²) in [6.07, 6.45) is 1.35. The molecule has 0 saturated carbocycles. The van der Waals surface area contributed by atoms with Crippen LogP contribution in [0.15, 0.2) is 48.8 Å². The number of aromatic nitrogens is 2. The molecule has 0 radical (unpaired) electrons. The van der Waals surface area contributed by atoms with Gasteiger partial charge in [0.05, 0.1) is 12.8 Å². The molecule has 0 fully saturated rings. The summed E-state index contributed by atoms with van der Waals surface area (Å²) in [5.74, 6) is 1.04. The van der Waals surface area contributed by atoms with Crippen LogP contribution in [0.25, 0.3) is 0 Å². The van der Waals surface area contributed by atoms with E-state index in [4.69, 9.17) is 10.5 Å². The van der Waals surface area contributed by atoms with E-state index in [1.807, 2.05) is 44.2 Å². The molecule has 1 heterocycles. The van der Waals surface area contributed by atoms with Crippen molar-refractivity contribution in [1.82, 2.24) is 15.4 Å². The van der Waals surface area contributed by atoms with Gasteiger partial charge in [-0.2, -0.15) is 0 Å². The Morgan fingerprint density at radius 2 is 1.68 bits per heavy atom. The first-order chi connectivity index (χ1) is 13.5. The molecule has 2 aromatic carbocycles. The Bertz CT molecular complexity index is 988. The van der Waals surface area contributed by atoms with Crippen LogP contribution in [0.4, 0.5) is 23.0 Å². The quantitative estimate of drug-likeness (QED) is 0.487. The fourth-order valence-corrected chi connectivity index (χ4v) is 2.53. The van der Waals surface area contributed by atoms with E-state index in [0.717, 1.165) is 16.8 Å². The molecule has 1 aromatic heterocycles. The Morgan fingerprint density at radius 1 is 1.00 bits per heavy atom. The summed E-state index contributed by atoms with van der Waals surface area (Å²) in [4.78, 5) is 20.5. The highest BCUT2D eigenvalue weighted by molar-refractivity contribution is 5.95. The molecule has 0 saturated heterocycles. The van der Waals surface area contributed by atoms with E-state index in [0.29, 0.717) is 17.1 Å². The topological polar surface area (TPSA) is 114 Å². The molecule has 0 atom stereocenters. The molecule has 0 spiro atoms. The van der Waals surface area contributed by atoms with Gasteiger partial charge in [0.1, 0.15) is 17.8 Å². The fraction of sp³-hybridized carbons (Fsp3) is 0.150. The van der Waals surface area contributed by atoms with Gasteiger partial charge in [-0.05, 0) is 43.7 Å². The number of nitrogen functional groups attached to an aromatic ring is 1. The van der Waals surface area contributed by atoms with Crippen molar-refractivity contribution in [2.75, 3.05) is 23.6 Å². The van der Waals surface area contributed by atoms with Gasteiger partial charge < -0.3 is 15.8 Å². The lowest BCUT2D eigenvalue weighted by Gasteiger charge is -2.15. The Hall–Kier alpha value is -3.81. The number of aryl methyl sites for hydroxylation is 2. The average Bonchev–Trinajstić information content (AvgIpc) is 2.69. The van der Waals surface area contributed by atoms with Crippen molar-refractivity contribution in [3.05, 3.63) is 65.5 Å². The summed E-state index contributed by atoms with van der Waals surface area (Å²) in [5.41, 5.74) is 15.1. The van der Waals surface area contributed by atoms with Gasteiger partial charge in [0.2, 0.25) is 0 Å². The molecule has 8 heteroatoms. The van der Waals surface area contributed by atoms with Crippen molar-refractivity contribution >= 4 is 28.9 Å². The van der Waals surface area contributed by atoms with Gasteiger partial charge in [0, 0.05) is 5.56 Å². The molecule has 0 unspecified atom stereocenters. The number of hydrogen-bond acceptors (Lipinski definition) is 7. The third kappa shape index (κ3) is 4.29. The van der Waals surface area contributed by atoms with Crippen LogP contribution < -0.4 is 26.6 Å². The maximum Gasteiger partial charge on any atom is 0.269 e. The number of carbonyl (C=O) groups is 1. The monoisotopic (exact) mass is 378 g/mol. The minimum Gasteiger partial charge on any atom is -0.495 e. The van der Waals surface area contributed by atoms with Crippen LogP contribution in [0.3, 0.4) is 0 Å². The van der Waals surface area contributed by atoms with Crippen molar-refractivity contribution < 1.29 is 9.53 Å². The standard InChI is InChI=1S/C20H22N6O2/c1-12-4-7-14(8-5-12)20(27)26-25-19-17(21)18(22-11-23-19)24-15-10-13(2)6-9-16(15)28-3/h4-11H,21H2,1-3H3,(H,26,27)(H2,22,23,24,25). The van der Waals surface area contributed by atoms with E-state index in [1.54, 1.807) is 19.2 Å². The van der Waals surface area contributed by atoms with Crippen molar-refractivity contribution in [2.45, 2.75) is 13.8 Å². The van der Waals surface area contributed by atoms with E-state index in [2.05, 4.69) is 26.1 Å². The van der Waals surface area contributed by atoms with Gasteiger partial charge >= 0.3 is 0 Å². The maximum atomic E-state index is 12.2. The second-order valence-electron chi connectivity index (χ2n) is 6.26. The van der Waals surface area contributed by atoms with Crippen molar-refractivity contribution in [3.63, 3.8) is 0 Å². The highest BCUT2D eigenvalue weighted by atomic mass is 16.5. The summed E-state index contributed by atoms with van der Waals surface area (Å²) in [6, 6.07) is 12.9. The smallest absolute Gasteiger partial charge is 0.269 e. The SMILES string of the molecule is COc1ccc(C)cc1Nc1ncnc(NNC(=O)c2ccc(C)cc2)c1N. The highest BCUT2D eigenvalue weighted by Crippen LogP contribution is 2.31. The van der Waals surface area contributed by atoms with E-state index < -0.39 is 0 Å². The molecule has 3 rings (SSSR count). The second kappa shape index (κ2) is 8.26. The average molecular weight is 378 g/mol. The summed E-state index contributed by atoms with van der Waals surface area (Å²) in [6.45, 7) is 3.93. The Balaban J connectivity index is 1.75. The number of nitrogens with two attached hydrogens (primary N) is 1. The molecule has 144 valence electrons. The Labute approximate surface area is 163 Å². The fourth-order valence-electron chi connectivity index (χ4n) is 2.53. The van der Waals surface area contributed by atoms with Gasteiger partial charge in [0.15, 0.2) is 11.6 Å².